The third-order valence-corrected chi connectivity index (χ3v) is 3.95. The van der Waals surface area contributed by atoms with Crippen LogP contribution in [0.25, 0.3) is 0 Å². The van der Waals surface area contributed by atoms with E-state index < -0.39 is 9.84 Å². The molecule has 0 spiro atoms. The standard InChI is InChI=1S/C14H16N2O3S/c1-19-11-5-8-13(15)14(9-11)16-10-3-6-12(7-4-10)20(2,17)18/h3-9,16H,15H2,1-2H3. The Morgan fingerprint density at radius 2 is 1.75 bits per heavy atom. The highest BCUT2D eigenvalue weighted by atomic mass is 32.2. The zero-order valence-electron chi connectivity index (χ0n) is 11.3. The summed E-state index contributed by atoms with van der Waals surface area (Å²) in [6, 6.07) is 11.8. The second kappa shape index (κ2) is 5.42. The topological polar surface area (TPSA) is 81.4 Å². The van der Waals surface area contributed by atoms with E-state index in [0.717, 1.165) is 5.69 Å². The second-order valence-corrected chi connectivity index (χ2v) is 6.39. The van der Waals surface area contributed by atoms with E-state index in [9.17, 15) is 8.42 Å². The van der Waals surface area contributed by atoms with Crippen LogP contribution in [0.15, 0.2) is 47.4 Å². The summed E-state index contributed by atoms with van der Waals surface area (Å²) in [5, 5.41) is 3.13. The summed E-state index contributed by atoms with van der Waals surface area (Å²) in [7, 11) is -1.60. The van der Waals surface area contributed by atoms with Crippen LogP contribution >= 0.6 is 0 Å². The van der Waals surface area contributed by atoms with Crippen molar-refractivity contribution in [2.24, 2.45) is 0 Å². The molecule has 2 aromatic carbocycles. The van der Waals surface area contributed by atoms with Gasteiger partial charge in [-0.05, 0) is 36.4 Å². The molecule has 2 rings (SSSR count). The smallest absolute Gasteiger partial charge is 0.175 e. The average Bonchev–Trinajstić information content (AvgIpc) is 2.41. The molecule has 0 atom stereocenters. The van der Waals surface area contributed by atoms with Gasteiger partial charge in [0.15, 0.2) is 9.84 Å². The molecule has 6 heteroatoms. The fraction of sp³-hybridized carbons (Fsp3) is 0.143. The summed E-state index contributed by atoms with van der Waals surface area (Å²) < 4.78 is 27.9. The van der Waals surface area contributed by atoms with Crippen LogP contribution in [0.4, 0.5) is 17.1 Å². The molecule has 0 saturated heterocycles. The van der Waals surface area contributed by atoms with Crippen molar-refractivity contribution in [1.82, 2.24) is 0 Å². The van der Waals surface area contributed by atoms with Crippen LogP contribution in [0.5, 0.6) is 5.75 Å². The molecule has 0 heterocycles. The molecule has 3 N–H and O–H groups in total. The van der Waals surface area contributed by atoms with Crippen LogP contribution < -0.4 is 15.8 Å². The van der Waals surface area contributed by atoms with Gasteiger partial charge in [-0.2, -0.15) is 0 Å². The monoisotopic (exact) mass is 292 g/mol. The molecule has 20 heavy (non-hydrogen) atoms. The van der Waals surface area contributed by atoms with Gasteiger partial charge in [-0.25, -0.2) is 8.42 Å². The van der Waals surface area contributed by atoms with Crippen molar-refractivity contribution in [1.29, 1.82) is 0 Å². The molecule has 0 aliphatic carbocycles. The normalized spacial score (nSPS) is 11.1. The predicted octanol–water partition coefficient (Wildman–Crippen LogP) is 2.42. The number of anilines is 3. The molecule has 0 aromatic heterocycles. The van der Waals surface area contributed by atoms with Gasteiger partial charge in [-0.3, -0.25) is 0 Å². The number of nitrogens with one attached hydrogen (secondary N) is 1. The molecule has 0 unspecified atom stereocenters. The van der Waals surface area contributed by atoms with Gasteiger partial charge in [0.25, 0.3) is 0 Å². The molecule has 0 saturated carbocycles. The molecule has 0 radical (unpaired) electrons. The molecule has 0 amide bonds. The van der Waals surface area contributed by atoms with Gasteiger partial charge < -0.3 is 15.8 Å². The molecule has 0 bridgehead atoms. The SMILES string of the molecule is COc1ccc(N)c(Nc2ccc(S(C)(=O)=O)cc2)c1. The quantitative estimate of drug-likeness (QED) is 0.846. The maximum absolute atomic E-state index is 11.4. The molecule has 2 aromatic rings. The maximum Gasteiger partial charge on any atom is 0.175 e. The fourth-order valence-electron chi connectivity index (χ4n) is 1.71. The van der Waals surface area contributed by atoms with Crippen LogP contribution in [0, 0.1) is 0 Å². The van der Waals surface area contributed by atoms with Crippen LogP contribution in [0.3, 0.4) is 0 Å². The first kappa shape index (κ1) is 14.2. The minimum atomic E-state index is -3.18. The lowest BCUT2D eigenvalue weighted by atomic mass is 10.2. The molecular formula is C14H16N2O3S. The fourth-order valence-corrected chi connectivity index (χ4v) is 2.34. The largest absolute Gasteiger partial charge is 0.497 e. The first-order valence-electron chi connectivity index (χ1n) is 5.91. The van der Waals surface area contributed by atoms with Gasteiger partial charge >= 0.3 is 0 Å². The Morgan fingerprint density at radius 3 is 2.30 bits per heavy atom. The number of hydrogen-bond acceptors (Lipinski definition) is 5. The first-order chi connectivity index (χ1) is 9.40. The summed E-state index contributed by atoms with van der Waals surface area (Å²) in [5.74, 6) is 0.689. The number of hydrogen-bond donors (Lipinski definition) is 2. The van der Waals surface area contributed by atoms with Crippen molar-refractivity contribution in [3.63, 3.8) is 0 Å². The number of nitrogen functional groups attached to an aromatic ring is 1. The van der Waals surface area contributed by atoms with Crippen LogP contribution in [0.2, 0.25) is 0 Å². The molecular weight excluding hydrogens is 276 g/mol. The molecule has 0 aliphatic rings. The molecule has 0 fully saturated rings. The lowest BCUT2D eigenvalue weighted by molar-refractivity contribution is 0.415. The number of benzene rings is 2. The Labute approximate surface area is 118 Å². The highest BCUT2D eigenvalue weighted by molar-refractivity contribution is 7.90. The van der Waals surface area contributed by atoms with Gasteiger partial charge in [0.05, 0.1) is 23.4 Å². The van der Waals surface area contributed by atoms with Crippen molar-refractivity contribution in [2.75, 3.05) is 24.4 Å². The highest BCUT2D eigenvalue weighted by Crippen LogP contribution is 2.28. The van der Waals surface area contributed by atoms with E-state index in [1.54, 1.807) is 49.6 Å². The number of ether oxygens (including phenoxy) is 1. The van der Waals surface area contributed by atoms with E-state index in [1.165, 1.54) is 6.26 Å². The Kier molecular flexibility index (Phi) is 3.85. The number of nitrogens with two attached hydrogens (primary N) is 1. The number of methoxy groups -OCH3 is 1. The van der Waals surface area contributed by atoms with E-state index >= 15 is 0 Å². The zero-order valence-corrected chi connectivity index (χ0v) is 12.1. The third-order valence-electron chi connectivity index (χ3n) is 2.82. The summed E-state index contributed by atoms with van der Waals surface area (Å²) in [6.45, 7) is 0. The van der Waals surface area contributed by atoms with E-state index in [4.69, 9.17) is 10.5 Å². The van der Waals surface area contributed by atoms with E-state index in [1.807, 2.05) is 0 Å². The van der Waals surface area contributed by atoms with Crippen molar-refractivity contribution in [3.8, 4) is 5.75 Å². The Hall–Kier alpha value is -2.21. The predicted molar refractivity (Wildman–Crippen MR) is 80.2 cm³/mol. The molecule has 5 nitrogen and oxygen atoms in total. The minimum Gasteiger partial charge on any atom is -0.497 e. The summed E-state index contributed by atoms with van der Waals surface area (Å²) in [4.78, 5) is 0.279. The molecule has 0 aliphatic heterocycles. The zero-order chi connectivity index (χ0) is 14.8. The third kappa shape index (κ3) is 3.21. The van der Waals surface area contributed by atoms with E-state index in [0.29, 0.717) is 17.1 Å². The van der Waals surface area contributed by atoms with Crippen LogP contribution in [-0.2, 0) is 9.84 Å². The van der Waals surface area contributed by atoms with Crippen LogP contribution in [-0.4, -0.2) is 21.8 Å². The Morgan fingerprint density at radius 1 is 1.10 bits per heavy atom. The lowest BCUT2D eigenvalue weighted by Crippen LogP contribution is -1.99. The van der Waals surface area contributed by atoms with Crippen molar-refractivity contribution in [2.45, 2.75) is 4.90 Å². The minimum absolute atomic E-state index is 0.279. The average molecular weight is 292 g/mol. The Balaban J connectivity index is 2.26. The Bertz CT molecular complexity index is 710. The lowest BCUT2D eigenvalue weighted by Gasteiger charge is -2.11. The summed E-state index contributed by atoms with van der Waals surface area (Å²) in [5.41, 5.74) is 7.91. The summed E-state index contributed by atoms with van der Waals surface area (Å²) in [6.07, 6.45) is 1.18. The van der Waals surface area contributed by atoms with Gasteiger partial charge in [0.1, 0.15) is 5.75 Å². The second-order valence-electron chi connectivity index (χ2n) is 4.37. The van der Waals surface area contributed by atoms with Gasteiger partial charge in [0.2, 0.25) is 0 Å². The van der Waals surface area contributed by atoms with Crippen LogP contribution in [0.1, 0.15) is 0 Å². The van der Waals surface area contributed by atoms with Gasteiger partial charge in [-0.15, -0.1) is 0 Å². The van der Waals surface area contributed by atoms with Crippen molar-refractivity contribution in [3.05, 3.63) is 42.5 Å². The first-order valence-corrected chi connectivity index (χ1v) is 7.80. The van der Waals surface area contributed by atoms with Gasteiger partial charge in [-0.1, -0.05) is 0 Å². The molecule has 106 valence electrons. The summed E-state index contributed by atoms with van der Waals surface area (Å²) >= 11 is 0. The van der Waals surface area contributed by atoms with Crippen molar-refractivity contribution < 1.29 is 13.2 Å². The van der Waals surface area contributed by atoms with E-state index in [-0.39, 0.29) is 4.90 Å². The number of rotatable bonds is 4. The maximum atomic E-state index is 11.4. The van der Waals surface area contributed by atoms with Crippen molar-refractivity contribution >= 4 is 26.9 Å². The number of sulfone groups is 1. The van der Waals surface area contributed by atoms with E-state index in [2.05, 4.69) is 5.32 Å². The van der Waals surface area contributed by atoms with Gasteiger partial charge in [0, 0.05) is 18.0 Å². The highest BCUT2D eigenvalue weighted by Gasteiger charge is 2.07.